The van der Waals surface area contributed by atoms with Gasteiger partial charge in [-0.05, 0) is 54.2 Å². The predicted molar refractivity (Wildman–Crippen MR) is 108 cm³/mol. The van der Waals surface area contributed by atoms with E-state index in [0.29, 0.717) is 17.5 Å². The Hall–Kier alpha value is -3.18. The van der Waals surface area contributed by atoms with Gasteiger partial charge < -0.3 is 15.8 Å². The van der Waals surface area contributed by atoms with Crippen LogP contribution in [0.2, 0.25) is 0 Å². The van der Waals surface area contributed by atoms with E-state index in [1.54, 1.807) is 12.1 Å². The average Bonchev–Trinajstić information content (AvgIpc) is 2.73. The van der Waals surface area contributed by atoms with E-state index in [4.69, 9.17) is 10.5 Å². The van der Waals surface area contributed by atoms with Crippen LogP contribution in [0.3, 0.4) is 0 Å². The zero-order chi connectivity index (χ0) is 19.3. The molecule has 1 aromatic heterocycles. The Balaban J connectivity index is 1.49. The second-order valence-electron chi connectivity index (χ2n) is 7.02. The third-order valence-corrected chi connectivity index (χ3v) is 5.07. The van der Waals surface area contributed by atoms with E-state index >= 15 is 0 Å². The number of primary amides is 1. The second-order valence-corrected chi connectivity index (χ2v) is 7.02. The molecule has 1 aliphatic carbocycles. The number of aromatic nitrogens is 1. The molecule has 4 rings (SSSR count). The van der Waals surface area contributed by atoms with Crippen LogP contribution in [0.5, 0.6) is 11.6 Å². The van der Waals surface area contributed by atoms with Crippen molar-refractivity contribution in [2.24, 2.45) is 5.73 Å². The lowest BCUT2D eigenvalue weighted by atomic mass is 9.87. The minimum absolute atomic E-state index is 0.303. The van der Waals surface area contributed by atoms with Crippen LogP contribution in [0.1, 0.15) is 45.9 Å². The molecular formula is C23H23N3O2. The highest BCUT2D eigenvalue weighted by molar-refractivity contribution is 5.92. The van der Waals surface area contributed by atoms with Crippen LogP contribution < -0.4 is 15.8 Å². The summed E-state index contributed by atoms with van der Waals surface area (Å²) < 4.78 is 5.90. The SMILES string of the molecule is NC(=O)c1ccc(Oc2ccc3c(c2)C(NCc2ccccc2)CCC3)nc1. The fourth-order valence-electron chi connectivity index (χ4n) is 3.60. The van der Waals surface area contributed by atoms with Crippen LogP contribution in [-0.4, -0.2) is 10.9 Å². The monoisotopic (exact) mass is 373 g/mol. The van der Waals surface area contributed by atoms with E-state index in [0.717, 1.165) is 25.1 Å². The van der Waals surface area contributed by atoms with Crippen LogP contribution in [0.25, 0.3) is 0 Å². The molecule has 5 heteroatoms. The quantitative estimate of drug-likeness (QED) is 0.681. The smallest absolute Gasteiger partial charge is 0.250 e. The van der Waals surface area contributed by atoms with Crippen LogP contribution in [0.4, 0.5) is 0 Å². The Morgan fingerprint density at radius 3 is 2.75 bits per heavy atom. The van der Waals surface area contributed by atoms with Crippen molar-refractivity contribution in [1.29, 1.82) is 0 Å². The zero-order valence-corrected chi connectivity index (χ0v) is 15.6. The van der Waals surface area contributed by atoms with Gasteiger partial charge in [0.25, 0.3) is 0 Å². The number of fused-ring (bicyclic) bond motifs is 1. The van der Waals surface area contributed by atoms with E-state index < -0.39 is 5.91 Å². The topological polar surface area (TPSA) is 77.2 Å². The van der Waals surface area contributed by atoms with Gasteiger partial charge in [0.15, 0.2) is 0 Å². The largest absolute Gasteiger partial charge is 0.439 e. The number of rotatable bonds is 6. The molecule has 142 valence electrons. The van der Waals surface area contributed by atoms with Gasteiger partial charge in [-0.25, -0.2) is 4.98 Å². The lowest BCUT2D eigenvalue weighted by molar-refractivity contribution is 0.1000. The third kappa shape index (κ3) is 4.21. The van der Waals surface area contributed by atoms with Crippen LogP contribution in [0.15, 0.2) is 66.9 Å². The maximum atomic E-state index is 11.2. The van der Waals surface area contributed by atoms with Crippen molar-refractivity contribution in [3.63, 3.8) is 0 Å². The van der Waals surface area contributed by atoms with Gasteiger partial charge in [0, 0.05) is 24.8 Å². The molecule has 1 heterocycles. The van der Waals surface area contributed by atoms with E-state index in [-0.39, 0.29) is 0 Å². The van der Waals surface area contributed by atoms with E-state index in [2.05, 4.69) is 46.7 Å². The standard InChI is InChI=1S/C23H23N3O2/c24-23(27)18-10-12-22(26-15-18)28-19-11-9-17-7-4-8-21(20(17)13-19)25-14-16-5-2-1-3-6-16/h1-3,5-6,9-13,15,21,25H,4,7-8,14H2,(H2,24,27). The molecule has 0 spiro atoms. The van der Waals surface area contributed by atoms with Gasteiger partial charge in [-0.1, -0.05) is 36.4 Å². The summed E-state index contributed by atoms with van der Waals surface area (Å²) >= 11 is 0. The van der Waals surface area contributed by atoms with Crippen molar-refractivity contribution in [1.82, 2.24) is 10.3 Å². The number of hydrogen-bond donors (Lipinski definition) is 2. The third-order valence-electron chi connectivity index (χ3n) is 5.07. The summed E-state index contributed by atoms with van der Waals surface area (Å²) in [6.45, 7) is 0.839. The highest BCUT2D eigenvalue weighted by Crippen LogP contribution is 2.33. The number of benzene rings is 2. The van der Waals surface area contributed by atoms with Gasteiger partial charge in [0.2, 0.25) is 11.8 Å². The number of pyridine rings is 1. The molecule has 1 amide bonds. The summed E-state index contributed by atoms with van der Waals surface area (Å²) in [6, 6.07) is 20.2. The number of ether oxygens (including phenoxy) is 1. The number of amides is 1. The van der Waals surface area contributed by atoms with Crippen LogP contribution >= 0.6 is 0 Å². The molecule has 0 saturated heterocycles. The first kappa shape index (κ1) is 18.2. The normalized spacial score (nSPS) is 15.6. The highest BCUT2D eigenvalue weighted by atomic mass is 16.5. The number of nitrogens with one attached hydrogen (secondary N) is 1. The summed E-state index contributed by atoms with van der Waals surface area (Å²) in [7, 11) is 0. The molecule has 1 aliphatic rings. The first-order valence-electron chi connectivity index (χ1n) is 9.53. The lowest BCUT2D eigenvalue weighted by Gasteiger charge is -2.27. The van der Waals surface area contributed by atoms with Crippen molar-refractivity contribution < 1.29 is 9.53 Å². The fraction of sp³-hybridized carbons (Fsp3) is 0.217. The number of carbonyl (C=O) groups excluding carboxylic acids is 1. The van der Waals surface area contributed by atoms with E-state index in [9.17, 15) is 4.79 Å². The Bertz CT molecular complexity index is 955. The molecular weight excluding hydrogens is 350 g/mol. The molecule has 0 fully saturated rings. The summed E-state index contributed by atoms with van der Waals surface area (Å²) in [5.74, 6) is 0.682. The molecule has 1 atom stereocenters. The van der Waals surface area contributed by atoms with Gasteiger partial charge in [-0.3, -0.25) is 4.79 Å². The van der Waals surface area contributed by atoms with Crippen LogP contribution in [0, 0.1) is 0 Å². The van der Waals surface area contributed by atoms with Crippen molar-refractivity contribution in [3.8, 4) is 11.6 Å². The van der Waals surface area contributed by atoms with Gasteiger partial charge >= 0.3 is 0 Å². The maximum Gasteiger partial charge on any atom is 0.250 e. The Kier molecular flexibility index (Phi) is 5.35. The predicted octanol–water partition coefficient (Wildman–Crippen LogP) is 4.14. The summed E-state index contributed by atoms with van der Waals surface area (Å²) in [6.07, 6.45) is 4.80. The minimum Gasteiger partial charge on any atom is -0.439 e. The molecule has 0 saturated carbocycles. The first-order chi connectivity index (χ1) is 13.7. The maximum absolute atomic E-state index is 11.2. The summed E-state index contributed by atoms with van der Waals surface area (Å²) in [5, 5.41) is 3.68. The lowest BCUT2D eigenvalue weighted by Crippen LogP contribution is -2.24. The molecule has 3 N–H and O–H groups in total. The minimum atomic E-state index is -0.500. The van der Waals surface area contributed by atoms with E-state index in [1.807, 2.05) is 12.1 Å². The fourth-order valence-corrected chi connectivity index (χ4v) is 3.60. The molecule has 0 bridgehead atoms. The summed E-state index contributed by atoms with van der Waals surface area (Å²) in [4.78, 5) is 15.3. The number of aryl methyl sites for hydroxylation is 1. The van der Waals surface area contributed by atoms with Crippen molar-refractivity contribution >= 4 is 5.91 Å². The Labute approximate surface area is 164 Å². The van der Waals surface area contributed by atoms with E-state index in [1.165, 1.54) is 29.3 Å². The molecule has 0 aliphatic heterocycles. The molecule has 5 nitrogen and oxygen atoms in total. The zero-order valence-electron chi connectivity index (χ0n) is 15.6. The van der Waals surface area contributed by atoms with Gasteiger partial charge in [0.05, 0.1) is 5.56 Å². The van der Waals surface area contributed by atoms with Crippen LogP contribution in [-0.2, 0) is 13.0 Å². The van der Waals surface area contributed by atoms with Crippen molar-refractivity contribution in [2.75, 3.05) is 0 Å². The number of carbonyl (C=O) groups is 1. The average molecular weight is 373 g/mol. The van der Waals surface area contributed by atoms with Gasteiger partial charge in [0.1, 0.15) is 5.75 Å². The Morgan fingerprint density at radius 2 is 2.00 bits per heavy atom. The molecule has 28 heavy (non-hydrogen) atoms. The summed E-state index contributed by atoms with van der Waals surface area (Å²) in [5.41, 5.74) is 9.54. The number of nitrogens with two attached hydrogens (primary N) is 1. The first-order valence-corrected chi connectivity index (χ1v) is 9.53. The Morgan fingerprint density at radius 1 is 1.14 bits per heavy atom. The van der Waals surface area contributed by atoms with Gasteiger partial charge in [-0.2, -0.15) is 0 Å². The molecule has 1 unspecified atom stereocenters. The molecule has 2 aromatic carbocycles. The number of hydrogen-bond acceptors (Lipinski definition) is 4. The number of nitrogens with zero attached hydrogens (tertiary/aromatic N) is 1. The second kappa shape index (κ2) is 8.23. The highest BCUT2D eigenvalue weighted by Gasteiger charge is 2.20. The van der Waals surface area contributed by atoms with Crippen molar-refractivity contribution in [2.45, 2.75) is 31.8 Å². The molecule has 3 aromatic rings. The van der Waals surface area contributed by atoms with Gasteiger partial charge in [-0.15, -0.1) is 0 Å². The molecule has 0 radical (unpaired) electrons. The van der Waals surface area contributed by atoms with Crippen molar-refractivity contribution in [3.05, 3.63) is 89.1 Å².